The highest BCUT2D eigenvalue weighted by Gasteiger charge is 2.50. The number of anilines is 1. The molecule has 0 amide bonds. The number of nitrogen functional groups attached to an aromatic ring is 1. The number of aliphatic hydroxyl groups excluding tert-OH is 4. The number of phosphoric ester groups is 1. The van der Waals surface area contributed by atoms with Gasteiger partial charge in [-0.1, -0.05) is 0 Å². The van der Waals surface area contributed by atoms with Crippen LogP contribution in [-0.4, -0.2) is 119 Å². The molecule has 2 aliphatic rings. The number of fused-ring (bicyclic) bond motifs is 2. The molecule has 2 aliphatic heterocycles. The SMILES string of the molecule is Nc1nc2c(ncn2[C@@H]2O[C@H](CO)[C@@H](O)[C@H]2OP(=O)(O)OC[C@H]2O[C@@H](n3cnc4cncnc43)[C@H](O)[C@@H]2O)c(=O)[nH]1.O=PO. The summed E-state index contributed by atoms with van der Waals surface area (Å²) in [5, 5.41) is 41.4. The lowest BCUT2D eigenvalue weighted by Gasteiger charge is -2.24. The van der Waals surface area contributed by atoms with Gasteiger partial charge in [0.05, 0.1) is 32.1 Å². The topological polar surface area (TPSA) is 326 Å². The van der Waals surface area contributed by atoms with Gasteiger partial charge in [-0.05, 0) is 0 Å². The van der Waals surface area contributed by atoms with Gasteiger partial charge in [-0.25, -0.2) is 29.1 Å². The number of imidazole rings is 2. The minimum Gasteiger partial charge on any atom is -0.394 e. The van der Waals surface area contributed by atoms with Gasteiger partial charge in [0.1, 0.15) is 48.5 Å². The Bertz CT molecular complexity index is 1740. The van der Waals surface area contributed by atoms with Crippen molar-refractivity contribution in [1.29, 1.82) is 0 Å². The van der Waals surface area contributed by atoms with Crippen LogP contribution in [0.15, 0.2) is 30.0 Å². The van der Waals surface area contributed by atoms with Gasteiger partial charge in [0.15, 0.2) is 29.3 Å². The van der Waals surface area contributed by atoms with E-state index in [0.717, 1.165) is 10.9 Å². The number of nitrogens with one attached hydrogen (secondary N) is 1. The summed E-state index contributed by atoms with van der Waals surface area (Å²) in [5.74, 6) is -0.248. The number of hydrogen-bond acceptors (Lipinski definition) is 17. The molecule has 0 saturated carbocycles. The number of aromatic amines is 1. The van der Waals surface area contributed by atoms with Crippen LogP contribution in [0.25, 0.3) is 22.3 Å². The average molecular weight is 661 g/mol. The highest BCUT2D eigenvalue weighted by atomic mass is 31.2. The third-order valence-electron chi connectivity index (χ3n) is 6.72. The summed E-state index contributed by atoms with van der Waals surface area (Å²) >= 11 is 0. The van der Waals surface area contributed by atoms with Gasteiger partial charge in [-0.2, -0.15) is 4.98 Å². The lowest BCUT2D eigenvalue weighted by molar-refractivity contribution is -0.0615. The molecular weight excluding hydrogens is 636 g/mol. The van der Waals surface area contributed by atoms with Gasteiger partial charge in [-0.15, -0.1) is 0 Å². The summed E-state index contributed by atoms with van der Waals surface area (Å²) in [6, 6.07) is 0. The van der Waals surface area contributed by atoms with Crippen LogP contribution in [0.5, 0.6) is 0 Å². The predicted octanol–water partition coefficient (Wildman–Crippen LogP) is -2.90. The first kappa shape index (κ1) is 32.0. The molecule has 0 radical (unpaired) electrons. The molecule has 4 aromatic heterocycles. The minimum atomic E-state index is -5.03. The Labute approximate surface area is 245 Å². The van der Waals surface area contributed by atoms with E-state index in [4.69, 9.17) is 33.7 Å². The standard InChI is InChI=1S/C20H24N9O11P.HO2P/c21-20-26-16-10(17(34)27-20)25-6-29(16)19-14(12(32)8(2-30)38-19)40-41(35,36)37-3-9-11(31)13(33)18(39-9)28-5-24-7-1-22-4-23-15(7)28;1-3-2/h1,4-6,8-9,11-14,18-19,30-33H,2-3H2,(H,35,36)(H3,21,26,27,34);(H,1,2)/t8-,9-,11-,12-,13-,14-,18-,19-;/m1./s1. The Morgan fingerprint density at radius 2 is 1.73 bits per heavy atom. The average Bonchev–Trinajstić information content (AvgIpc) is 3.74. The van der Waals surface area contributed by atoms with Crippen molar-refractivity contribution < 1.29 is 57.9 Å². The molecule has 0 aliphatic carbocycles. The third kappa shape index (κ3) is 6.11. The van der Waals surface area contributed by atoms with E-state index in [1.165, 1.54) is 23.4 Å². The molecular formula is C20H25N9O13P2. The van der Waals surface area contributed by atoms with Crippen LogP contribution < -0.4 is 11.3 Å². The van der Waals surface area contributed by atoms with Gasteiger partial charge in [-0.3, -0.25) is 28.0 Å². The van der Waals surface area contributed by atoms with E-state index < -0.39 is 84.4 Å². The number of phosphoric acid groups is 1. The fourth-order valence-electron chi connectivity index (χ4n) is 4.76. The van der Waals surface area contributed by atoms with Crippen LogP contribution >= 0.6 is 16.5 Å². The van der Waals surface area contributed by atoms with Gasteiger partial charge in [0.2, 0.25) is 5.95 Å². The summed E-state index contributed by atoms with van der Waals surface area (Å²) < 4.78 is 45.5. The molecule has 238 valence electrons. The molecule has 24 heteroatoms. The minimum absolute atomic E-state index is 0.0795. The maximum absolute atomic E-state index is 13.0. The highest BCUT2D eigenvalue weighted by molar-refractivity contribution is 7.47. The van der Waals surface area contributed by atoms with E-state index in [9.17, 15) is 34.7 Å². The molecule has 9 N–H and O–H groups in total. The zero-order valence-corrected chi connectivity index (χ0v) is 23.8. The van der Waals surface area contributed by atoms with Gasteiger partial charge in [0.25, 0.3) is 5.56 Å². The Hall–Kier alpha value is -3.37. The maximum atomic E-state index is 13.0. The van der Waals surface area contributed by atoms with E-state index in [2.05, 4.69) is 29.9 Å². The number of rotatable bonds is 8. The zero-order valence-electron chi connectivity index (χ0n) is 22.0. The van der Waals surface area contributed by atoms with Crippen LogP contribution in [-0.2, 0) is 27.7 Å². The predicted molar refractivity (Wildman–Crippen MR) is 141 cm³/mol. The van der Waals surface area contributed by atoms with Crippen molar-refractivity contribution in [3.05, 3.63) is 35.5 Å². The van der Waals surface area contributed by atoms with Crippen molar-refractivity contribution in [2.45, 2.75) is 49.1 Å². The largest absolute Gasteiger partial charge is 0.472 e. The van der Waals surface area contributed by atoms with E-state index in [-0.39, 0.29) is 17.1 Å². The van der Waals surface area contributed by atoms with Crippen molar-refractivity contribution in [2.75, 3.05) is 18.9 Å². The molecule has 0 spiro atoms. The van der Waals surface area contributed by atoms with E-state index in [1.54, 1.807) is 0 Å². The molecule has 22 nitrogen and oxygen atoms in total. The Balaban J connectivity index is 0.00000123. The zero-order chi connectivity index (χ0) is 31.8. The van der Waals surface area contributed by atoms with E-state index in [0.29, 0.717) is 11.2 Å². The van der Waals surface area contributed by atoms with E-state index in [1.807, 2.05) is 0 Å². The first-order chi connectivity index (χ1) is 21.0. The molecule has 0 aromatic carbocycles. The van der Waals surface area contributed by atoms with Gasteiger partial charge >= 0.3 is 16.5 Å². The summed E-state index contributed by atoms with van der Waals surface area (Å²) in [5.41, 5.74) is 5.47. The van der Waals surface area contributed by atoms with Crippen molar-refractivity contribution in [1.82, 2.24) is 39.0 Å². The molecule has 2 saturated heterocycles. The third-order valence-corrected chi connectivity index (χ3v) is 7.71. The monoisotopic (exact) mass is 661 g/mol. The second-order valence-corrected chi connectivity index (χ2v) is 10.9. The van der Waals surface area contributed by atoms with Gasteiger partial charge < -0.3 is 45.4 Å². The Kier molecular flexibility index (Phi) is 9.41. The molecule has 6 rings (SSSR count). The van der Waals surface area contributed by atoms with Crippen LogP contribution in [0.2, 0.25) is 0 Å². The number of nitrogens with zero attached hydrogens (tertiary/aromatic N) is 7. The summed E-state index contributed by atoms with van der Waals surface area (Å²) in [6.07, 6.45) is -6.23. The molecule has 9 atom stereocenters. The second kappa shape index (κ2) is 12.9. The number of hydrogen-bond donors (Lipinski definition) is 8. The summed E-state index contributed by atoms with van der Waals surface area (Å²) in [4.78, 5) is 51.9. The fourth-order valence-corrected chi connectivity index (χ4v) is 5.69. The highest BCUT2D eigenvalue weighted by Crippen LogP contribution is 2.50. The van der Waals surface area contributed by atoms with Crippen LogP contribution in [0.4, 0.5) is 5.95 Å². The molecule has 4 aromatic rings. The molecule has 1 unspecified atom stereocenters. The first-order valence-corrected chi connectivity index (χ1v) is 14.7. The lowest BCUT2D eigenvalue weighted by Crippen LogP contribution is -2.36. The van der Waals surface area contributed by atoms with Crippen molar-refractivity contribution in [3.8, 4) is 0 Å². The number of aromatic nitrogens is 8. The Morgan fingerprint density at radius 3 is 2.45 bits per heavy atom. The van der Waals surface area contributed by atoms with Crippen molar-refractivity contribution >= 4 is 44.8 Å². The lowest BCUT2D eigenvalue weighted by atomic mass is 10.1. The normalized spacial score (nSPS) is 30.0. The van der Waals surface area contributed by atoms with Crippen LogP contribution in [0, 0.1) is 0 Å². The smallest absolute Gasteiger partial charge is 0.394 e. The van der Waals surface area contributed by atoms with Crippen molar-refractivity contribution in [2.24, 2.45) is 0 Å². The Morgan fingerprint density at radius 1 is 1.05 bits per heavy atom. The van der Waals surface area contributed by atoms with Crippen molar-refractivity contribution in [3.63, 3.8) is 0 Å². The molecule has 6 heterocycles. The first-order valence-electron chi connectivity index (χ1n) is 12.4. The van der Waals surface area contributed by atoms with E-state index >= 15 is 0 Å². The fraction of sp³-hybridized carbons (Fsp3) is 0.500. The summed E-state index contributed by atoms with van der Waals surface area (Å²) in [6.45, 7) is -1.41. The molecule has 2 fully saturated rings. The van der Waals surface area contributed by atoms with Crippen LogP contribution in [0.1, 0.15) is 12.5 Å². The quantitative estimate of drug-likeness (QED) is 0.0878. The number of aliphatic hydroxyl groups is 4. The summed E-state index contributed by atoms with van der Waals surface area (Å²) in [7, 11) is -5.87. The van der Waals surface area contributed by atoms with Gasteiger partial charge in [0, 0.05) is 0 Å². The number of nitrogens with two attached hydrogens (primary N) is 1. The van der Waals surface area contributed by atoms with Crippen LogP contribution in [0.3, 0.4) is 0 Å². The number of H-pyrrole nitrogens is 1. The molecule has 0 bridgehead atoms. The maximum Gasteiger partial charge on any atom is 0.472 e. The number of ether oxygens (including phenoxy) is 2. The second-order valence-electron chi connectivity index (χ2n) is 9.36. The molecule has 44 heavy (non-hydrogen) atoms.